The molecule has 0 radical (unpaired) electrons. The van der Waals surface area contributed by atoms with Gasteiger partial charge in [0.1, 0.15) is 0 Å². The molecule has 0 aromatic heterocycles. The van der Waals surface area contributed by atoms with Gasteiger partial charge >= 0.3 is 0 Å². The molecule has 1 N–H and O–H groups in total. The number of fused-ring (bicyclic) bond motifs is 2. The van der Waals surface area contributed by atoms with Crippen LogP contribution >= 0.6 is 21.8 Å². The predicted molar refractivity (Wildman–Crippen MR) is 167 cm³/mol. The Morgan fingerprint density at radius 2 is 1.62 bits per heavy atom. The molecule has 3 aromatic carbocycles. The fraction of sp³-hybridized carbons (Fsp3) is 0.176. The molecule has 3 aromatic rings. The first-order valence-corrected chi connectivity index (χ1v) is 16.0. The molecule has 1 aliphatic heterocycles. The SMILES string of the molecule is C=C(/C=C\C/C=C(\C)C/C=C\C=C/C)Nc1ccc(-c2ccc3c(c2)S(C)(C)c2ccccc2S3)cc1. The molecule has 4 rings (SSSR count). The lowest BCUT2D eigenvalue weighted by Gasteiger charge is -2.39. The molecule has 0 fully saturated rings. The molecule has 0 aliphatic carbocycles. The van der Waals surface area contributed by atoms with Gasteiger partial charge in [0.05, 0.1) is 0 Å². The molecule has 37 heavy (non-hydrogen) atoms. The summed E-state index contributed by atoms with van der Waals surface area (Å²) >= 11 is 1.90. The summed E-state index contributed by atoms with van der Waals surface area (Å²) in [5, 5.41) is 3.41. The van der Waals surface area contributed by atoms with Gasteiger partial charge in [-0.1, -0.05) is 90.7 Å². The lowest BCUT2D eigenvalue weighted by Crippen LogP contribution is -2.05. The summed E-state index contributed by atoms with van der Waals surface area (Å²) in [5.41, 5.74) is 5.81. The topological polar surface area (TPSA) is 12.0 Å². The van der Waals surface area contributed by atoms with Gasteiger partial charge in [-0.3, -0.25) is 0 Å². The number of anilines is 1. The Labute approximate surface area is 229 Å². The van der Waals surface area contributed by atoms with Gasteiger partial charge in [-0.05, 0) is 92.8 Å². The largest absolute Gasteiger partial charge is 0.356 e. The summed E-state index contributed by atoms with van der Waals surface area (Å²) in [6, 6.07) is 24.5. The van der Waals surface area contributed by atoms with Crippen molar-refractivity contribution in [2.75, 3.05) is 17.8 Å². The van der Waals surface area contributed by atoms with Crippen LogP contribution in [0.1, 0.15) is 26.7 Å². The zero-order valence-electron chi connectivity index (χ0n) is 22.3. The predicted octanol–water partition coefficient (Wildman–Crippen LogP) is 10.6. The maximum atomic E-state index is 4.16. The fourth-order valence-corrected chi connectivity index (χ4v) is 8.91. The molecule has 1 aliphatic rings. The summed E-state index contributed by atoms with van der Waals surface area (Å²) in [4.78, 5) is 5.75. The van der Waals surface area contributed by atoms with E-state index in [0.717, 1.165) is 24.2 Å². The quantitative estimate of drug-likeness (QED) is 0.221. The van der Waals surface area contributed by atoms with Gasteiger partial charge in [0.2, 0.25) is 0 Å². The zero-order valence-corrected chi connectivity index (χ0v) is 24.0. The van der Waals surface area contributed by atoms with Crippen molar-refractivity contribution in [1.82, 2.24) is 0 Å². The van der Waals surface area contributed by atoms with Crippen LogP contribution in [-0.2, 0) is 0 Å². The van der Waals surface area contributed by atoms with Gasteiger partial charge in [-0.15, -0.1) is 0 Å². The summed E-state index contributed by atoms with van der Waals surface area (Å²) < 4.78 is 0. The molecule has 3 heteroatoms. The van der Waals surface area contributed by atoms with E-state index in [1.807, 2.05) is 24.8 Å². The standard InChI is InChI=1S/C34H37NS2/c1-6-7-8-9-14-26(2)15-10-11-16-27(3)35-30-22-19-28(20-23-30)29-21-24-32-34(25-29)37(4,5)33-18-13-12-17-31(33)36-32/h6-9,11-13,15-25,35H,3,10,14H2,1-2,4-5H3/b7-6-,9-8-,16-11-,26-15+. The van der Waals surface area contributed by atoms with E-state index in [0.29, 0.717) is 0 Å². The van der Waals surface area contributed by atoms with Crippen LogP contribution in [0.3, 0.4) is 0 Å². The number of nitrogens with one attached hydrogen (secondary N) is 1. The van der Waals surface area contributed by atoms with Crippen LogP contribution in [0.25, 0.3) is 11.1 Å². The average molecular weight is 524 g/mol. The lowest BCUT2D eigenvalue weighted by atomic mass is 10.1. The molecular formula is C34H37NS2. The minimum Gasteiger partial charge on any atom is -0.356 e. The average Bonchev–Trinajstić information content (AvgIpc) is 2.90. The van der Waals surface area contributed by atoms with Crippen molar-refractivity contribution in [2.24, 2.45) is 0 Å². The van der Waals surface area contributed by atoms with E-state index in [-0.39, 0.29) is 0 Å². The number of benzene rings is 3. The Bertz CT molecular complexity index is 1370. The Balaban J connectivity index is 1.38. The molecule has 0 saturated carbocycles. The van der Waals surface area contributed by atoms with Crippen molar-refractivity contribution in [2.45, 2.75) is 46.3 Å². The van der Waals surface area contributed by atoms with Crippen LogP contribution in [0.15, 0.2) is 147 Å². The van der Waals surface area contributed by atoms with Crippen molar-refractivity contribution in [3.05, 3.63) is 127 Å². The second-order valence-corrected chi connectivity index (χ2v) is 14.2. The van der Waals surface area contributed by atoms with Crippen LogP contribution in [0, 0.1) is 0 Å². The minimum absolute atomic E-state index is 0.890. The molecule has 1 nitrogen and oxygen atoms in total. The van der Waals surface area contributed by atoms with Crippen molar-refractivity contribution in [3.8, 4) is 11.1 Å². The van der Waals surface area contributed by atoms with E-state index in [1.165, 1.54) is 36.3 Å². The van der Waals surface area contributed by atoms with E-state index in [1.54, 1.807) is 0 Å². The van der Waals surface area contributed by atoms with E-state index in [4.69, 9.17) is 0 Å². The van der Waals surface area contributed by atoms with E-state index in [2.05, 4.69) is 135 Å². The lowest BCUT2D eigenvalue weighted by molar-refractivity contribution is 1.13. The summed E-state index contributed by atoms with van der Waals surface area (Å²) in [5.74, 6) is 0. The monoisotopic (exact) mass is 523 g/mol. The highest BCUT2D eigenvalue weighted by molar-refractivity contribution is 8.33. The Morgan fingerprint density at radius 3 is 2.41 bits per heavy atom. The molecular weight excluding hydrogens is 487 g/mol. The maximum absolute atomic E-state index is 4.16. The van der Waals surface area contributed by atoms with E-state index < -0.39 is 10.0 Å². The third-order valence-electron chi connectivity index (χ3n) is 6.44. The Kier molecular flexibility index (Phi) is 9.02. The van der Waals surface area contributed by atoms with Gasteiger partial charge in [-0.2, -0.15) is 10.0 Å². The van der Waals surface area contributed by atoms with Crippen LogP contribution in [0.5, 0.6) is 0 Å². The second-order valence-electron chi connectivity index (χ2n) is 9.61. The Hall–Kier alpha value is -3.14. The summed E-state index contributed by atoms with van der Waals surface area (Å²) in [6.07, 6.45) is 21.6. The first kappa shape index (κ1) is 26.9. The first-order valence-electron chi connectivity index (χ1n) is 12.7. The van der Waals surface area contributed by atoms with E-state index >= 15 is 0 Å². The number of allylic oxidation sites excluding steroid dienone is 8. The molecule has 0 spiro atoms. The van der Waals surface area contributed by atoms with Crippen molar-refractivity contribution >= 4 is 27.5 Å². The molecule has 0 atom stereocenters. The van der Waals surface area contributed by atoms with Crippen molar-refractivity contribution in [3.63, 3.8) is 0 Å². The number of hydrogen-bond donors (Lipinski definition) is 1. The van der Waals surface area contributed by atoms with Crippen molar-refractivity contribution < 1.29 is 0 Å². The van der Waals surface area contributed by atoms with Crippen LogP contribution in [-0.4, -0.2) is 12.5 Å². The Morgan fingerprint density at radius 1 is 0.892 bits per heavy atom. The normalized spacial score (nSPS) is 15.6. The highest BCUT2D eigenvalue weighted by atomic mass is 32.3. The van der Waals surface area contributed by atoms with Gasteiger partial charge in [-0.25, -0.2) is 0 Å². The molecule has 190 valence electrons. The van der Waals surface area contributed by atoms with Gasteiger partial charge < -0.3 is 5.32 Å². The molecule has 0 unspecified atom stereocenters. The number of hydrogen-bond acceptors (Lipinski definition) is 2. The molecule has 0 bridgehead atoms. The van der Waals surface area contributed by atoms with Crippen LogP contribution in [0.2, 0.25) is 0 Å². The number of rotatable bonds is 9. The van der Waals surface area contributed by atoms with E-state index in [9.17, 15) is 0 Å². The maximum Gasteiger partial charge on any atom is 0.0384 e. The van der Waals surface area contributed by atoms with Crippen LogP contribution < -0.4 is 5.32 Å². The molecule has 0 amide bonds. The zero-order chi connectivity index (χ0) is 26.3. The second kappa shape index (κ2) is 12.4. The molecule has 1 heterocycles. The van der Waals surface area contributed by atoms with Gasteiger partial charge in [0.15, 0.2) is 0 Å². The summed E-state index contributed by atoms with van der Waals surface area (Å²) in [6.45, 7) is 8.36. The highest BCUT2D eigenvalue weighted by Gasteiger charge is 2.29. The molecule has 0 saturated heterocycles. The summed E-state index contributed by atoms with van der Waals surface area (Å²) in [7, 11) is -1.04. The third kappa shape index (κ3) is 6.80. The van der Waals surface area contributed by atoms with Crippen LogP contribution in [0.4, 0.5) is 5.69 Å². The fourth-order valence-electron chi connectivity index (χ4n) is 4.34. The van der Waals surface area contributed by atoms with Gasteiger partial charge in [0, 0.05) is 31.0 Å². The van der Waals surface area contributed by atoms with Crippen molar-refractivity contribution in [1.29, 1.82) is 0 Å². The van der Waals surface area contributed by atoms with Gasteiger partial charge in [0.25, 0.3) is 0 Å². The third-order valence-corrected chi connectivity index (χ3v) is 10.7. The first-order chi connectivity index (χ1) is 17.9. The highest BCUT2D eigenvalue weighted by Crippen LogP contribution is 2.66. The smallest absolute Gasteiger partial charge is 0.0384 e. The minimum atomic E-state index is -1.04.